The van der Waals surface area contributed by atoms with Crippen molar-refractivity contribution in [3.8, 4) is 27.9 Å². The minimum Gasteiger partial charge on any atom is -0.310 e. The van der Waals surface area contributed by atoms with Gasteiger partial charge < -0.3 is 9.47 Å². The second-order valence-electron chi connectivity index (χ2n) is 14.2. The number of hydrogen-bond acceptors (Lipinski definition) is 1. The molecule has 1 aromatic heterocycles. The number of hydrogen-bond donors (Lipinski definition) is 0. The molecule has 0 atom stereocenters. The Labute approximate surface area is 298 Å². The smallest absolute Gasteiger partial charge is 0.0547 e. The van der Waals surface area contributed by atoms with E-state index in [2.05, 4.69) is 205 Å². The molecule has 0 fully saturated rings. The van der Waals surface area contributed by atoms with Crippen LogP contribution in [0.5, 0.6) is 0 Å². The van der Waals surface area contributed by atoms with Crippen LogP contribution in [-0.4, -0.2) is 4.57 Å². The van der Waals surface area contributed by atoms with Gasteiger partial charge >= 0.3 is 0 Å². The Bertz CT molecular complexity index is 2770. The van der Waals surface area contributed by atoms with Crippen LogP contribution in [0, 0.1) is 0 Å². The number of benzene rings is 8. The van der Waals surface area contributed by atoms with Crippen molar-refractivity contribution >= 4 is 49.6 Å². The van der Waals surface area contributed by atoms with E-state index >= 15 is 0 Å². The number of aromatic nitrogens is 1. The molecular weight excluding hydrogens is 617 g/mol. The highest BCUT2D eigenvalue weighted by molar-refractivity contribution is 6.10. The first kappa shape index (κ1) is 29.5. The summed E-state index contributed by atoms with van der Waals surface area (Å²) >= 11 is 0. The second kappa shape index (κ2) is 11.3. The second-order valence-corrected chi connectivity index (χ2v) is 14.2. The van der Waals surface area contributed by atoms with E-state index in [1.807, 2.05) is 0 Å². The van der Waals surface area contributed by atoms with Gasteiger partial charge in [0.25, 0.3) is 0 Å². The van der Waals surface area contributed by atoms with E-state index in [1.165, 1.54) is 71.6 Å². The van der Waals surface area contributed by atoms with Crippen molar-refractivity contribution in [2.45, 2.75) is 19.3 Å². The Balaban J connectivity index is 1.10. The van der Waals surface area contributed by atoms with Crippen molar-refractivity contribution < 1.29 is 0 Å². The van der Waals surface area contributed by atoms with Crippen LogP contribution in [0.1, 0.15) is 25.0 Å². The van der Waals surface area contributed by atoms with Gasteiger partial charge in [0.05, 0.1) is 11.0 Å². The third-order valence-corrected chi connectivity index (χ3v) is 11.0. The van der Waals surface area contributed by atoms with Gasteiger partial charge in [-0.2, -0.15) is 0 Å². The first-order valence-electron chi connectivity index (χ1n) is 17.8. The highest BCUT2D eigenvalue weighted by Crippen LogP contribution is 2.50. The lowest BCUT2D eigenvalue weighted by molar-refractivity contribution is 0.660. The number of fused-ring (bicyclic) bond motifs is 7. The van der Waals surface area contributed by atoms with Crippen LogP contribution >= 0.6 is 0 Å². The highest BCUT2D eigenvalue weighted by Gasteiger charge is 2.35. The zero-order valence-corrected chi connectivity index (χ0v) is 28.7. The molecule has 0 bridgehead atoms. The van der Waals surface area contributed by atoms with Crippen LogP contribution < -0.4 is 4.90 Å². The summed E-state index contributed by atoms with van der Waals surface area (Å²) in [7, 11) is 0. The van der Waals surface area contributed by atoms with E-state index in [9.17, 15) is 0 Å². The zero-order valence-electron chi connectivity index (χ0n) is 28.7. The predicted molar refractivity (Wildman–Crippen MR) is 216 cm³/mol. The zero-order chi connectivity index (χ0) is 34.1. The third kappa shape index (κ3) is 4.64. The summed E-state index contributed by atoms with van der Waals surface area (Å²) in [6.07, 6.45) is 0. The van der Waals surface area contributed by atoms with Gasteiger partial charge in [-0.3, -0.25) is 0 Å². The molecule has 0 N–H and O–H groups in total. The Morgan fingerprint density at radius 2 is 1.04 bits per heavy atom. The number of para-hydroxylation sites is 2. The summed E-state index contributed by atoms with van der Waals surface area (Å²) in [6.45, 7) is 4.70. The van der Waals surface area contributed by atoms with E-state index in [0.717, 1.165) is 17.1 Å². The van der Waals surface area contributed by atoms with Gasteiger partial charge in [0, 0.05) is 38.9 Å². The summed E-state index contributed by atoms with van der Waals surface area (Å²) in [6, 6.07) is 66.7. The molecule has 0 amide bonds. The summed E-state index contributed by atoms with van der Waals surface area (Å²) < 4.78 is 2.39. The minimum absolute atomic E-state index is 0.0816. The molecule has 10 rings (SSSR count). The number of anilines is 3. The standard InChI is InChI=1S/C49H36N2/c1-49(2)45-18-10-8-16-41(45)42-29-27-40(32-46(42)49)50(39-26-22-33-12-6-7-13-35(33)30-39)38-24-20-34(21-25-38)36-23-28-44-43-17-9-11-19-47(43)51(48(44)31-36)37-14-4-3-5-15-37/h3-32H,1-2H3. The van der Waals surface area contributed by atoms with E-state index in [0.29, 0.717) is 0 Å². The van der Waals surface area contributed by atoms with Gasteiger partial charge in [-0.05, 0) is 105 Å². The van der Waals surface area contributed by atoms with Gasteiger partial charge in [-0.15, -0.1) is 0 Å². The largest absolute Gasteiger partial charge is 0.310 e. The molecule has 0 aliphatic heterocycles. The van der Waals surface area contributed by atoms with Crippen LogP contribution in [0.25, 0.3) is 60.5 Å². The van der Waals surface area contributed by atoms with Crippen molar-refractivity contribution in [2.75, 3.05) is 4.90 Å². The number of rotatable bonds is 5. The molecule has 0 spiro atoms. The Hall–Kier alpha value is -6.38. The lowest BCUT2D eigenvalue weighted by Gasteiger charge is -2.28. The topological polar surface area (TPSA) is 8.17 Å². The van der Waals surface area contributed by atoms with E-state index in [1.54, 1.807) is 0 Å². The van der Waals surface area contributed by atoms with Gasteiger partial charge in [0.2, 0.25) is 0 Å². The Kier molecular flexibility index (Phi) is 6.56. The molecule has 1 aliphatic rings. The first-order chi connectivity index (χ1) is 25.0. The normalized spacial score (nSPS) is 13.1. The summed E-state index contributed by atoms with van der Waals surface area (Å²) in [5.74, 6) is 0. The van der Waals surface area contributed by atoms with Crippen LogP contribution in [0.4, 0.5) is 17.1 Å². The average Bonchev–Trinajstić information content (AvgIpc) is 3.63. The third-order valence-electron chi connectivity index (χ3n) is 11.0. The fourth-order valence-corrected chi connectivity index (χ4v) is 8.40. The van der Waals surface area contributed by atoms with E-state index < -0.39 is 0 Å². The lowest BCUT2D eigenvalue weighted by Crippen LogP contribution is -2.16. The van der Waals surface area contributed by atoms with Crippen LogP contribution in [0.2, 0.25) is 0 Å². The van der Waals surface area contributed by atoms with Crippen molar-refractivity contribution in [1.82, 2.24) is 4.57 Å². The molecule has 8 aromatic carbocycles. The van der Waals surface area contributed by atoms with Crippen molar-refractivity contribution in [1.29, 1.82) is 0 Å². The Morgan fingerprint density at radius 1 is 0.412 bits per heavy atom. The first-order valence-corrected chi connectivity index (χ1v) is 17.8. The van der Waals surface area contributed by atoms with Crippen molar-refractivity contribution in [3.63, 3.8) is 0 Å². The highest BCUT2D eigenvalue weighted by atomic mass is 15.1. The van der Waals surface area contributed by atoms with Crippen molar-refractivity contribution in [3.05, 3.63) is 193 Å². The van der Waals surface area contributed by atoms with Gasteiger partial charge in [0.1, 0.15) is 0 Å². The fourth-order valence-electron chi connectivity index (χ4n) is 8.40. The fraction of sp³-hybridized carbons (Fsp3) is 0.0612. The van der Waals surface area contributed by atoms with E-state index in [-0.39, 0.29) is 5.41 Å². The van der Waals surface area contributed by atoms with Gasteiger partial charge in [0.15, 0.2) is 0 Å². The molecule has 2 heteroatoms. The van der Waals surface area contributed by atoms with Crippen LogP contribution in [-0.2, 0) is 5.41 Å². The molecule has 9 aromatic rings. The minimum atomic E-state index is -0.0816. The molecular formula is C49H36N2. The predicted octanol–water partition coefficient (Wildman–Crippen LogP) is 13.4. The summed E-state index contributed by atoms with van der Waals surface area (Å²) in [4.78, 5) is 2.41. The monoisotopic (exact) mass is 652 g/mol. The van der Waals surface area contributed by atoms with Gasteiger partial charge in [-0.1, -0.05) is 135 Å². The summed E-state index contributed by atoms with van der Waals surface area (Å²) in [5.41, 5.74) is 14.8. The average molecular weight is 653 g/mol. The molecule has 2 nitrogen and oxygen atoms in total. The van der Waals surface area contributed by atoms with Gasteiger partial charge in [-0.25, -0.2) is 0 Å². The molecule has 0 radical (unpaired) electrons. The maximum atomic E-state index is 2.41. The molecule has 242 valence electrons. The maximum Gasteiger partial charge on any atom is 0.0547 e. The van der Waals surface area contributed by atoms with Crippen molar-refractivity contribution in [2.24, 2.45) is 0 Å². The molecule has 0 saturated carbocycles. The van der Waals surface area contributed by atoms with Crippen LogP contribution in [0.15, 0.2) is 182 Å². The molecule has 0 saturated heterocycles. The molecule has 51 heavy (non-hydrogen) atoms. The quantitative estimate of drug-likeness (QED) is 0.180. The van der Waals surface area contributed by atoms with E-state index in [4.69, 9.17) is 0 Å². The molecule has 1 heterocycles. The Morgan fingerprint density at radius 3 is 1.90 bits per heavy atom. The molecule has 1 aliphatic carbocycles. The maximum absolute atomic E-state index is 2.41. The molecule has 0 unspecified atom stereocenters. The number of nitrogens with zero attached hydrogens (tertiary/aromatic N) is 2. The SMILES string of the molecule is CC1(C)c2ccccc2-c2ccc(N(c3ccc(-c4ccc5c6ccccc6n(-c6ccccc6)c5c4)cc3)c3ccc4ccccc4c3)cc21. The van der Waals surface area contributed by atoms with Crippen LogP contribution in [0.3, 0.4) is 0 Å². The lowest BCUT2D eigenvalue weighted by atomic mass is 9.82. The summed E-state index contributed by atoms with van der Waals surface area (Å²) in [5, 5.41) is 5.00.